The van der Waals surface area contributed by atoms with E-state index in [2.05, 4.69) is 14.9 Å². The third-order valence-corrected chi connectivity index (χ3v) is 6.17. The number of benzene rings is 2. The second-order valence-corrected chi connectivity index (χ2v) is 8.15. The zero-order chi connectivity index (χ0) is 19.8. The fourth-order valence-corrected chi connectivity index (χ4v) is 4.78. The van der Waals surface area contributed by atoms with E-state index in [-0.39, 0.29) is 17.8 Å². The Morgan fingerprint density at radius 1 is 1.28 bits per heavy atom. The first-order valence-electron chi connectivity index (χ1n) is 9.70. The third kappa shape index (κ3) is 3.63. The van der Waals surface area contributed by atoms with Crippen LogP contribution in [-0.2, 0) is 22.5 Å². The lowest BCUT2D eigenvalue weighted by Gasteiger charge is -2.14. The third-order valence-electron chi connectivity index (χ3n) is 5.30. The number of hydrogen-bond acceptors (Lipinski definition) is 4. The molecular formula is C22H20FN3O2S. The molecule has 29 heavy (non-hydrogen) atoms. The van der Waals surface area contributed by atoms with Crippen molar-refractivity contribution in [3.63, 3.8) is 0 Å². The van der Waals surface area contributed by atoms with Gasteiger partial charge in [-0.15, -0.1) is 11.3 Å². The molecule has 2 aliphatic rings. The van der Waals surface area contributed by atoms with E-state index in [1.807, 2.05) is 23.6 Å². The van der Waals surface area contributed by atoms with Crippen molar-refractivity contribution >= 4 is 28.6 Å². The molecule has 5 nitrogen and oxygen atoms in total. The van der Waals surface area contributed by atoms with Crippen LogP contribution in [0.4, 0.5) is 15.8 Å². The summed E-state index contributed by atoms with van der Waals surface area (Å²) >= 11 is 1.48. The predicted octanol–water partition coefficient (Wildman–Crippen LogP) is 4.26. The number of nitrogens with one attached hydrogen (secondary N) is 1. The van der Waals surface area contributed by atoms with Crippen molar-refractivity contribution in [3.05, 3.63) is 64.0 Å². The number of thiazole rings is 1. The molecule has 1 N–H and O–H groups in total. The van der Waals surface area contributed by atoms with Crippen LogP contribution in [0, 0.1) is 5.82 Å². The Balaban J connectivity index is 1.60. The minimum absolute atomic E-state index is 0.0185. The van der Waals surface area contributed by atoms with Crippen LogP contribution in [0.5, 0.6) is 0 Å². The van der Waals surface area contributed by atoms with Crippen molar-refractivity contribution in [1.82, 2.24) is 4.57 Å². The molecule has 0 spiro atoms. The monoisotopic (exact) mass is 409 g/mol. The number of aromatic nitrogens is 1. The molecule has 1 aromatic heterocycles. The number of rotatable bonds is 4. The molecule has 1 atom stereocenters. The molecular weight excluding hydrogens is 389 g/mol. The lowest BCUT2D eigenvalue weighted by Crippen LogP contribution is -2.24. The Hall–Kier alpha value is -2.77. The van der Waals surface area contributed by atoms with Crippen molar-refractivity contribution in [2.24, 2.45) is 4.99 Å². The number of halogens is 1. The molecule has 148 valence electrons. The summed E-state index contributed by atoms with van der Waals surface area (Å²) < 4.78 is 22.1. The summed E-state index contributed by atoms with van der Waals surface area (Å²) in [4.78, 5) is 17.0. The molecule has 1 unspecified atom stereocenters. The Morgan fingerprint density at radius 3 is 3.00 bits per heavy atom. The van der Waals surface area contributed by atoms with E-state index >= 15 is 0 Å². The van der Waals surface area contributed by atoms with Gasteiger partial charge >= 0.3 is 0 Å². The first kappa shape index (κ1) is 18.3. The number of carbonyl (C=O) groups excluding carboxylic acids is 1. The number of nitrogens with zero attached hydrogens (tertiary/aromatic N) is 2. The maximum absolute atomic E-state index is 14.2. The van der Waals surface area contributed by atoms with Crippen LogP contribution in [0.3, 0.4) is 0 Å². The lowest BCUT2D eigenvalue weighted by molar-refractivity contribution is -0.115. The lowest BCUT2D eigenvalue weighted by atomic mass is 10.1. The summed E-state index contributed by atoms with van der Waals surface area (Å²) in [5, 5.41) is 4.91. The van der Waals surface area contributed by atoms with Crippen LogP contribution >= 0.6 is 11.3 Å². The molecule has 0 saturated carbocycles. The highest BCUT2D eigenvalue weighted by Gasteiger charge is 2.21. The van der Waals surface area contributed by atoms with Crippen molar-refractivity contribution in [3.8, 4) is 11.3 Å². The minimum atomic E-state index is -0.340. The average Bonchev–Trinajstić information content (AvgIpc) is 3.44. The van der Waals surface area contributed by atoms with E-state index < -0.39 is 0 Å². The summed E-state index contributed by atoms with van der Waals surface area (Å²) in [5.74, 6) is -0.321. The largest absolute Gasteiger partial charge is 0.376 e. The summed E-state index contributed by atoms with van der Waals surface area (Å²) in [6, 6.07) is 12.5. The fourth-order valence-electron chi connectivity index (χ4n) is 3.85. The summed E-state index contributed by atoms with van der Waals surface area (Å²) in [7, 11) is 0. The maximum atomic E-state index is 14.2. The van der Waals surface area contributed by atoms with Gasteiger partial charge in [0, 0.05) is 17.7 Å². The number of anilines is 1. The van der Waals surface area contributed by atoms with Gasteiger partial charge in [-0.05, 0) is 48.2 Å². The number of fused-ring (bicyclic) bond motifs is 1. The molecule has 0 radical (unpaired) electrons. The summed E-state index contributed by atoms with van der Waals surface area (Å²) in [6.07, 6.45) is 2.58. The van der Waals surface area contributed by atoms with E-state index in [9.17, 15) is 9.18 Å². The highest BCUT2D eigenvalue weighted by atomic mass is 32.1. The van der Waals surface area contributed by atoms with Crippen LogP contribution in [0.2, 0.25) is 0 Å². The molecule has 1 saturated heterocycles. The quantitative estimate of drug-likeness (QED) is 0.700. The van der Waals surface area contributed by atoms with Crippen molar-refractivity contribution in [2.75, 3.05) is 11.9 Å². The van der Waals surface area contributed by atoms with Gasteiger partial charge in [0.15, 0.2) is 4.80 Å². The number of carbonyl (C=O) groups is 1. The summed E-state index contributed by atoms with van der Waals surface area (Å²) in [5.41, 5.74) is 4.21. The zero-order valence-electron chi connectivity index (χ0n) is 15.7. The Labute approximate surface area is 171 Å². The molecule has 5 rings (SSSR count). The summed E-state index contributed by atoms with van der Waals surface area (Å²) in [6.45, 7) is 1.44. The highest BCUT2D eigenvalue weighted by molar-refractivity contribution is 7.07. The van der Waals surface area contributed by atoms with Gasteiger partial charge in [-0.25, -0.2) is 9.38 Å². The molecule has 2 aromatic carbocycles. The normalized spacial score (nSPS) is 18.9. The molecule has 1 fully saturated rings. The first-order chi connectivity index (χ1) is 14.2. The molecule has 2 aliphatic heterocycles. The number of hydrogen-bond donors (Lipinski definition) is 1. The minimum Gasteiger partial charge on any atom is -0.376 e. The SMILES string of the molecule is O=C1Cc2cc(-c3csc(=Nc4ccccc4F)n3CC3CCCO3)ccc2N1. The molecule has 1 amide bonds. The second kappa shape index (κ2) is 7.57. The zero-order valence-corrected chi connectivity index (χ0v) is 16.5. The predicted molar refractivity (Wildman–Crippen MR) is 111 cm³/mol. The van der Waals surface area contributed by atoms with Crippen LogP contribution in [0.15, 0.2) is 52.8 Å². The van der Waals surface area contributed by atoms with Gasteiger partial charge in [-0.1, -0.05) is 18.2 Å². The van der Waals surface area contributed by atoms with Crippen molar-refractivity contribution in [1.29, 1.82) is 0 Å². The van der Waals surface area contributed by atoms with Crippen LogP contribution in [-0.4, -0.2) is 23.2 Å². The Bertz CT molecular complexity index is 1140. The van der Waals surface area contributed by atoms with Gasteiger partial charge in [-0.2, -0.15) is 0 Å². The average molecular weight is 409 g/mol. The molecule has 7 heteroatoms. The molecule has 0 aliphatic carbocycles. The van der Waals surface area contributed by atoms with Crippen molar-refractivity contribution in [2.45, 2.75) is 31.9 Å². The van der Waals surface area contributed by atoms with Gasteiger partial charge < -0.3 is 14.6 Å². The second-order valence-electron chi connectivity index (χ2n) is 7.31. The number of para-hydroxylation sites is 1. The highest BCUT2D eigenvalue weighted by Crippen LogP contribution is 2.30. The van der Waals surface area contributed by atoms with Gasteiger partial charge in [0.1, 0.15) is 11.5 Å². The first-order valence-corrected chi connectivity index (χ1v) is 10.6. The van der Waals surface area contributed by atoms with E-state index in [4.69, 9.17) is 4.74 Å². The maximum Gasteiger partial charge on any atom is 0.228 e. The van der Waals surface area contributed by atoms with E-state index in [0.717, 1.165) is 46.8 Å². The molecule has 0 bridgehead atoms. The van der Waals surface area contributed by atoms with Crippen LogP contribution < -0.4 is 10.1 Å². The standard InChI is InChI=1S/C22H20FN3O2S/c23-17-5-1-2-6-19(17)25-22-26(12-16-4-3-9-28-16)20(13-29-22)14-7-8-18-15(10-14)11-21(27)24-18/h1-2,5-8,10,13,16H,3-4,9,11-12H2,(H,24,27). The van der Waals surface area contributed by atoms with Gasteiger partial charge in [0.05, 0.1) is 24.8 Å². The van der Waals surface area contributed by atoms with E-state index in [1.54, 1.807) is 18.2 Å². The van der Waals surface area contributed by atoms with Gasteiger partial charge in [0.2, 0.25) is 5.91 Å². The number of amides is 1. The van der Waals surface area contributed by atoms with Crippen molar-refractivity contribution < 1.29 is 13.9 Å². The molecule has 3 heterocycles. The number of ether oxygens (including phenoxy) is 1. The fraction of sp³-hybridized carbons (Fsp3) is 0.273. The smallest absolute Gasteiger partial charge is 0.228 e. The van der Waals surface area contributed by atoms with Gasteiger partial charge in [0.25, 0.3) is 0 Å². The topological polar surface area (TPSA) is 55.6 Å². The Kier molecular flexibility index (Phi) is 4.77. The van der Waals surface area contributed by atoms with Gasteiger partial charge in [-0.3, -0.25) is 4.79 Å². The molecule has 3 aromatic rings. The van der Waals surface area contributed by atoms with Crippen LogP contribution in [0.1, 0.15) is 18.4 Å². The Morgan fingerprint density at radius 2 is 2.17 bits per heavy atom. The van der Waals surface area contributed by atoms with Crippen LogP contribution in [0.25, 0.3) is 11.3 Å². The van der Waals surface area contributed by atoms with E-state index in [1.165, 1.54) is 17.4 Å². The van der Waals surface area contributed by atoms with E-state index in [0.29, 0.717) is 18.7 Å².